The van der Waals surface area contributed by atoms with Crippen molar-refractivity contribution in [2.45, 2.75) is 25.4 Å². The molecule has 3 heteroatoms. The maximum atomic E-state index is 12.3. The number of fused-ring (bicyclic) bond motifs is 1. The lowest BCUT2D eigenvalue weighted by atomic mass is 10.0. The molecule has 1 heterocycles. The van der Waals surface area contributed by atoms with Gasteiger partial charge in [0.1, 0.15) is 0 Å². The Kier molecular flexibility index (Phi) is 3.70. The molecule has 1 amide bonds. The molecule has 0 spiro atoms. The zero-order valence-corrected chi connectivity index (χ0v) is 11.5. The van der Waals surface area contributed by atoms with E-state index in [0.29, 0.717) is 13.0 Å². The van der Waals surface area contributed by atoms with Crippen LogP contribution in [0, 0.1) is 0 Å². The number of hydrogen-bond donors (Lipinski definition) is 1. The summed E-state index contributed by atoms with van der Waals surface area (Å²) in [6, 6.07) is 14.3. The Morgan fingerprint density at radius 3 is 2.80 bits per heavy atom. The second-order valence-corrected chi connectivity index (χ2v) is 5.49. The molecule has 2 aromatic rings. The fourth-order valence-corrected chi connectivity index (χ4v) is 2.82. The molecule has 1 N–H and O–H groups in total. The summed E-state index contributed by atoms with van der Waals surface area (Å²) in [5.41, 5.74) is 1.04. The van der Waals surface area contributed by atoms with Gasteiger partial charge in [0.2, 0.25) is 5.91 Å². The summed E-state index contributed by atoms with van der Waals surface area (Å²) in [6.45, 7) is 1.25. The van der Waals surface area contributed by atoms with Crippen LogP contribution in [0.4, 0.5) is 0 Å². The van der Waals surface area contributed by atoms with E-state index in [1.54, 1.807) is 4.90 Å². The average molecular weight is 269 g/mol. The zero-order chi connectivity index (χ0) is 13.9. The lowest BCUT2D eigenvalue weighted by Gasteiger charge is -2.30. The first kappa shape index (κ1) is 13.1. The highest BCUT2D eigenvalue weighted by Crippen LogP contribution is 2.17. The second kappa shape index (κ2) is 5.63. The van der Waals surface area contributed by atoms with Crippen molar-refractivity contribution < 1.29 is 9.90 Å². The zero-order valence-electron chi connectivity index (χ0n) is 11.5. The van der Waals surface area contributed by atoms with Crippen molar-refractivity contribution in [1.82, 2.24) is 4.90 Å². The first-order chi connectivity index (χ1) is 9.72. The van der Waals surface area contributed by atoms with Crippen LogP contribution in [0.3, 0.4) is 0 Å². The van der Waals surface area contributed by atoms with E-state index in [-0.39, 0.29) is 12.0 Å². The van der Waals surface area contributed by atoms with Crippen LogP contribution in [0.2, 0.25) is 0 Å². The first-order valence-electron chi connectivity index (χ1n) is 7.16. The first-order valence-corrected chi connectivity index (χ1v) is 7.16. The van der Waals surface area contributed by atoms with Gasteiger partial charge in [-0.25, -0.2) is 0 Å². The number of amides is 1. The molecule has 0 bridgehead atoms. The second-order valence-electron chi connectivity index (χ2n) is 5.49. The molecular weight excluding hydrogens is 250 g/mol. The Bertz CT molecular complexity index is 623. The summed E-state index contributed by atoms with van der Waals surface area (Å²) in [6.07, 6.45) is 1.76. The molecule has 1 fully saturated rings. The molecule has 20 heavy (non-hydrogen) atoms. The Labute approximate surface area is 118 Å². The smallest absolute Gasteiger partial charge is 0.227 e. The number of benzene rings is 2. The van der Waals surface area contributed by atoms with E-state index in [0.717, 1.165) is 30.3 Å². The van der Waals surface area contributed by atoms with Crippen LogP contribution in [0.5, 0.6) is 0 Å². The molecule has 1 atom stereocenters. The number of hydrogen-bond acceptors (Lipinski definition) is 2. The maximum Gasteiger partial charge on any atom is 0.227 e. The van der Waals surface area contributed by atoms with Crippen molar-refractivity contribution >= 4 is 16.7 Å². The number of likely N-dealkylation sites (tertiary alicyclic amines) is 1. The maximum absolute atomic E-state index is 12.3. The number of nitrogens with zero attached hydrogens (tertiary/aromatic N) is 1. The van der Waals surface area contributed by atoms with E-state index in [1.165, 1.54) is 5.39 Å². The van der Waals surface area contributed by atoms with Crippen molar-refractivity contribution in [2.75, 3.05) is 13.1 Å². The van der Waals surface area contributed by atoms with Gasteiger partial charge < -0.3 is 10.0 Å². The van der Waals surface area contributed by atoms with Gasteiger partial charge in [0.25, 0.3) is 0 Å². The monoisotopic (exact) mass is 269 g/mol. The lowest BCUT2D eigenvalue weighted by molar-refractivity contribution is -0.133. The number of piperidine rings is 1. The van der Waals surface area contributed by atoms with Gasteiger partial charge in [-0.05, 0) is 29.2 Å². The molecule has 0 saturated carbocycles. The molecule has 3 nitrogen and oxygen atoms in total. The molecule has 0 unspecified atom stereocenters. The van der Waals surface area contributed by atoms with Crippen molar-refractivity contribution in [1.29, 1.82) is 0 Å². The fourth-order valence-electron chi connectivity index (χ4n) is 2.82. The van der Waals surface area contributed by atoms with Gasteiger partial charge in [0, 0.05) is 13.1 Å². The minimum Gasteiger partial charge on any atom is -0.391 e. The number of rotatable bonds is 2. The van der Waals surface area contributed by atoms with E-state index in [2.05, 4.69) is 24.3 Å². The summed E-state index contributed by atoms with van der Waals surface area (Å²) >= 11 is 0. The van der Waals surface area contributed by atoms with Gasteiger partial charge in [-0.1, -0.05) is 42.5 Å². The number of β-amino-alcohol motifs (C(OH)–C–C–N with tert-alkyl or cyclic N) is 1. The molecule has 1 aliphatic rings. The molecule has 0 aliphatic carbocycles. The average Bonchev–Trinajstić information content (AvgIpc) is 2.47. The van der Waals surface area contributed by atoms with Gasteiger partial charge in [0.05, 0.1) is 12.5 Å². The quantitative estimate of drug-likeness (QED) is 0.909. The largest absolute Gasteiger partial charge is 0.391 e. The summed E-state index contributed by atoms with van der Waals surface area (Å²) in [5, 5.41) is 12.0. The summed E-state index contributed by atoms with van der Waals surface area (Å²) in [7, 11) is 0. The van der Waals surface area contributed by atoms with Crippen LogP contribution in [-0.4, -0.2) is 35.1 Å². The molecule has 2 aromatic carbocycles. The Hall–Kier alpha value is -1.87. The number of carbonyl (C=O) groups is 1. The van der Waals surface area contributed by atoms with Crippen molar-refractivity contribution in [3.63, 3.8) is 0 Å². The highest BCUT2D eigenvalue weighted by Gasteiger charge is 2.21. The minimum atomic E-state index is -0.357. The SMILES string of the molecule is O=C(Cc1ccc2ccccc2c1)N1CCC[C@H](O)C1. The minimum absolute atomic E-state index is 0.110. The molecule has 0 aromatic heterocycles. The van der Waals surface area contributed by atoms with Gasteiger partial charge in [0.15, 0.2) is 0 Å². The van der Waals surface area contributed by atoms with Crippen molar-refractivity contribution in [3.05, 3.63) is 48.0 Å². The van der Waals surface area contributed by atoms with Gasteiger partial charge >= 0.3 is 0 Å². The molecule has 104 valence electrons. The van der Waals surface area contributed by atoms with Crippen molar-refractivity contribution in [2.24, 2.45) is 0 Å². The van der Waals surface area contributed by atoms with Gasteiger partial charge in [-0.2, -0.15) is 0 Å². The Morgan fingerprint density at radius 1 is 1.20 bits per heavy atom. The van der Waals surface area contributed by atoms with Crippen LogP contribution < -0.4 is 0 Å². The highest BCUT2D eigenvalue weighted by molar-refractivity contribution is 5.85. The third kappa shape index (κ3) is 2.83. The van der Waals surface area contributed by atoms with Crippen molar-refractivity contribution in [3.8, 4) is 0 Å². The van der Waals surface area contributed by atoms with E-state index < -0.39 is 0 Å². The third-order valence-electron chi connectivity index (χ3n) is 3.92. The van der Waals surface area contributed by atoms with Crippen LogP contribution in [-0.2, 0) is 11.2 Å². The van der Waals surface area contributed by atoms with Gasteiger partial charge in [-0.15, -0.1) is 0 Å². The number of carbonyl (C=O) groups excluding carboxylic acids is 1. The predicted molar refractivity (Wildman–Crippen MR) is 79.5 cm³/mol. The van der Waals surface area contributed by atoms with Crippen LogP contribution >= 0.6 is 0 Å². The fraction of sp³-hybridized carbons (Fsp3) is 0.353. The summed E-state index contributed by atoms with van der Waals surface area (Å²) < 4.78 is 0. The Morgan fingerprint density at radius 2 is 2.00 bits per heavy atom. The van der Waals surface area contributed by atoms with E-state index >= 15 is 0 Å². The third-order valence-corrected chi connectivity index (χ3v) is 3.92. The van der Waals surface area contributed by atoms with E-state index in [1.807, 2.05) is 18.2 Å². The highest BCUT2D eigenvalue weighted by atomic mass is 16.3. The molecule has 0 radical (unpaired) electrons. The number of aliphatic hydroxyl groups excluding tert-OH is 1. The van der Waals surface area contributed by atoms with E-state index in [4.69, 9.17) is 0 Å². The van der Waals surface area contributed by atoms with Crippen LogP contribution in [0.15, 0.2) is 42.5 Å². The molecular formula is C17H19NO2. The molecule has 3 rings (SSSR count). The lowest BCUT2D eigenvalue weighted by Crippen LogP contribution is -2.42. The molecule has 1 saturated heterocycles. The van der Waals surface area contributed by atoms with E-state index in [9.17, 15) is 9.90 Å². The summed E-state index contributed by atoms with van der Waals surface area (Å²) in [5.74, 6) is 0.110. The summed E-state index contributed by atoms with van der Waals surface area (Å²) in [4.78, 5) is 14.0. The molecule has 1 aliphatic heterocycles. The Balaban J connectivity index is 1.73. The van der Waals surface area contributed by atoms with Gasteiger partial charge in [-0.3, -0.25) is 4.79 Å². The topological polar surface area (TPSA) is 40.5 Å². The number of aliphatic hydroxyl groups is 1. The van der Waals surface area contributed by atoms with Crippen LogP contribution in [0.25, 0.3) is 10.8 Å². The normalized spacial score (nSPS) is 19.2. The standard InChI is InChI=1S/C17H19NO2/c19-16-6-3-9-18(12-16)17(20)11-13-7-8-14-4-1-2-5-15(14)10-13/h1-2,4-5,7-8,10,16,19H,3,6,9,11-12H2/t16-/m0/s1. The predicted octanol–water partition coefficient (Wildman–Crippen LogP) is 2.37. The van der Waals surface area contributed by atoms with Crippen LogP contribution in [0.1, 0.15) is 18.4 Å².